The first-order valence-corrected chi connectivity index (χ1v) is 8.27. The van der Waals surface area contributed by atoms with Gasteiger partial charge in [-0.05, 0) is 57.0 Å². The Hall–Kier alpha value is -1.85. The highest BCUT2D eigenvalue weighted by Gasteiger charge is 2.25. The molecule has 1 aliphatic heterocycles. The van der Waals surface area contributed by atoms with Crippen molar-refractivity contribution in [1.82, 2.24) is 20.4 Å². The van der Waals surface area contributed by atoms with Gasteiger partial charge in [-0.15, -0.1) is 12.4 Å². The van der Waals surface area contributed by atoms with Crippen molar-refractivity contribution >= 4 is 18.3 Å². The number of benzene rings is 1. The number of aromatic nitrogens is 2. The van der Waals surface area contributed by atoms with E-state index in [2.05, 4.69) is 28.7 Å². The van der Waals surface area contributed by atoms with Crippen molar-refractivity contribution in [3.8, 4) is 5.69 Å². The molecule has 1 aliphatic rings. The summed E-state index contributed by atoms with van der Waals surface area (Å²) in [6, 6.07) is 10.4. The molecule has 1 amide bonds. The summed E-state index contributed by atoms with van der Waals surface area (Å²) in [7, 11) is 0. The van der Waals surface area contributed by atoms with Gasteiger partial charge >= 0.3 is 0 Å². The number of nitrogens with zero attached hydrogens (tertiary/aromatic N) is 2. The van der Waals surface area contributed by atoms with E-state index in [0.717, 1.165) is 30.6 Å². The molecule has 1 aromatic heterocycles. The fourth-order valence-corrected chi connectivity index (χ4v) is 3.14. The van der Waals surface area contributed by atoms with Crippen molar-refractivity contribution in [3.05, 3.63) is 48.3 Å². The summed E-state index contributed by atoms with van der Waals surface area (Å²) < 4.78 is 1.83. The molecule has 2 aromatic rings. The van der Waals surface area contributed by atoms with Crippen LogP contribution in [0.25, 0.3) is 5.69 Å². The number of hydrogen-bond donors (Lipinski definition) is 2. The second kappa shape index (κ2) is 8.31. The molecule has 24 heavy (non-hydrogen) atoms. The molecule has 2 heterocycles. The van der Waals surface area contributed by atoms with Gasteiger partial charge in [0.1, 0.15) is 0 Å². The van der Waals surface area contributed by atoms with Crippen LogP contribution in [-0.2, 0) is 4.79 Å². The van der Waals surface area contributed by atoms with E-state index in [1.54, 1.807) is 6.20 Å². The SMILES string of the molecule is CC(NC(=O)[C@H]1CCN[C@@H](C)C1)c1cccc(-n2cccn2)c1.Cl. The summed E-state index contributed by atoms with van der Waals surface area (Å²) in [5.74, 6) is 0.276. The lowest BCUT2D eigenvalue weighted by Crippen LogP contribution is -2.42. The third-order valence-electron chi connectivity index (χ3n) is 4.49. The number of amides is 1. The number of rotatable bonds is 4. The lowest BCUT2D eigenvalue weighted by atomic mass is 9.92. The van der Waals surface area contributed by atoms with Crippen molar-refractivity contribution < 1.29 is 4.79 Å². The molecule has 3 atom stereocenters. The molecular formula is C18H25ClN4O. The zero-order valence-electron chi connectivity index (χ0n) is 14.1. The van der Waals surface area contributed by atoms with Crippen molar-refractivity contribution in [2.45, 2.75) is 38.8 Å². The Morgan fingerprint density at radius 2 is 2.25 bits per heavy atom. The molecule has 6 heteroatoms. The second-order valence-corrected chi connectivity index (χ2v) is 6.35. The third kappa shape index (κ3) is 4.36. The molecule has 1 unspecified atom stereocenters. The van der Waals surface area contributed by atoms with Crippen LogP contribution < -0.4 is 10.6 Å². The standard InChI is InChI=1S/C18H24N4O.ClH/c1-13-11-16(7-9-19-13)18(23)21-14(2)15-5-3-6-17(12-15)22-10-4-8-20-22;/h3-6,8,10,12-14,16,19H,7,9,11H2,1-2H3,(H,21,23);1H/t13-,14?,16-;/m0./s1. The quantitative estimate of drug-likeness (QED) is 0.893. The van der Waals surface area contributed by atoms with Crippen LogP contribution in [0, 0.1) is 5.92 Å². The summed E-state index contributed by atoms with van der Waals surface area (Å²) in [6.07, 6.45) is 5.50. The maximum Gasteiger partial charge on any atom is 0.223 e. The van der Waals surface area contributed by atoms with Gasteiger partial charge in [0.05, 0.1) is 11.7 Å². The van der Waals surface area contributed by atoms with E-state index in [1.807, 2.05) is 42.1 Å². The third-order valence-corrected chi connectivity index (χ3v) is 4.49. The first-order valence-electron chi connectivity index (χ1n) is 8.27. The van der Waals surface area contributed by atoms with E-state index in [4.69, 9.17) is 0 Å². The highest BCUT2D eigenvalue weighted by molar-refractivity contribution is 5.85. The van der Waals surface area contributed by atoms with E-state index in [9.17, 15) is 4.79 Å². The maximum atomic E-state index is 12.5. The number of carbonyl (C=O) groups excluding carboxylic acids is 1. The molecule has 0 bridgehead atoms. The second-order valence-electron chi connectivity index (χ2n) is 6.35. The lowest BCUT2D eigenvalue weighted by Gasteiger charge is -2.28. The number of carbonyl (C=O) groups is 1. The Bertz CT molecular complexity index is 659. The van der Waals surface area contributed by atoms with Gasteiger partial charge in [-0.1, -0.05) is 12.1 Å². The average molecular weight is 349 g/mol. The van der Waals surface area contributed by atoms with Crippen LogP contribution in [-0.4, -0.2) is 28.3 Å². The van der Waals surface area contributed by atoms with Gasteiger partial charge in [0.2, 0.25) is 5.91 Å². The average Bonchev–Trinajstić information content (AvgIpc) is 3.09. The molecule has 0 radical (unpaired) electrons. The molecule has 2 N–H and O–H groups in total. The fraction of sp³-hybridized carbons (Fsp3) is 0.444. The predicted molar refractivity (Wildman–Crippen MR) is 97.6 cm³/mol. The molecule has 0 aliphatic carbocycles. The van der Waals surface area contributed by atoms with Crippen LogP contribution in [0.4, 0.5) is 0 Å². The zero-order chi connectivity index (χ0) is 16.2. The van der Waals surface area contributed by atoms with E-state index in [1.165, 1.54) is 0 Å². The van der Waals surface area contributed by atoms with Gasteiger partial charge in [0.15, 0.2) is 0 Å². The van der Waals surface area contributed by atoms with Crippen LogP contribution in [0.2, 0.25) is 0 Å². The highest BCUT2D eigenvalue weighted by atomic mass is 35.5. The van der Waals surface area contributed by atoms with Gasteiger partial charge in [0.25, 0.3) is 0 Å². The number of halogens is 1. The molecule has 130 valence electrons. The molecule has 1 fully saturated rings. The first kappa shape index (κ1) is 18.5. The van der Waals surface area contributed by atoms with E-state index in [0.29, 0.717) is 6.04 Å². The monoisotopic (exact) mass is 348 g/mol. The van der Waals surface area contributed by atoms with E-state index < -0.39 is 0 Å². The van der Waals surface area contributed by atoms with E-state index >= 15 is 0 Å². The summed E-state index contributed by atoms with van der Waals surface area (Å²) in [4.78, 5) is 12.5. The Morgan fingerprint density at radius 1 is 1.42 bits per heavy atom. The van der Waals surface area contributed by atoms with Gasteiger partial charge in [-0.25, -0.2) is 4.68 Å². The Labute approximate surface area is 149 Å². The van der Waals surface area contributed by atoms with E-state index in [-0.39, 0.29) is 30.3 Å². The molecule has 1 aromatic carbocycles. The van der Waals surface area contributed by atoms with Gasteiger partial charge in [-0.3, -0.25) is 4.79 Å². The summed E-state index contributed by atoms with van der Waals surface area (Å²) >= 11 is 0. The molecule has 3 rings (SSSR count). The Kier molecular flexibility index (Phi) is 6.40. The predicted octanol–water partition coefficient (Wildman–Crippen LogP) is 2.86. The summed E-state index contributed by atoms with van der Waals surface area (Å²) in [5, 5.41) is 10.8. The van der Waals surface area contributed by atoms with Crippen molar-refractivity contribution in [2.24, 2.45) is 5.92 Å². The minimum absolute atomic E-state index is 0. The fourth-order valence-electron chi connectivity index (χ4n) is 3.14. The van der Waals surface area contributed by atoms with Gasteiger partial charge < -0.3 is 10.6 Å². The number of nitrogens with one attached hydrogen (secondary N) is 2. The van der Waals surface area contributed by atoms with Crippen LogP contribution in [0.3, 0.4) is 0 Å². The highest BCUT2D eigenvalue weighted by Crippen LogP contribution is 2.20. The molecule has 0 spiro atoms. The number of hydrogen-bond acceptors (Lipinski definition) is 3. The van der Waals surface area contributed by atoms with Crippen LogP contribution in [0.15, 0.2) is 42.7 Å². The van der Waals surface area contributed by atoms with Gasteiger partial charge in [0, 0.05) is 24.4 Å². The maximum absolute atomic E-state index is 12.5. The zero-order valence-corrected chi connectivity index (χ0v) is 14.9. The minimum Gasteiger partial charge on any atom is -0.349 e. The van der Waals surface area contributed by atoms with Crippen molar-refractivity contribution in [1.29, 1.82) is 0 Å². The normalized spacial score (nSPS) is 21.6. The molecule has 0 saturated carbocycles. The Morgan fingerprint density at radius 3 is 2.96 bits per heavy atom. The molecule has 1 saturated heterocycles. The topological polar surface area (TPSA) is 59.0 Å². The number of piperidine rings is 1. The minimum atomic E-state index is -0.0109. The Balaban J connectivity index is 0.00000208. The molecule has 5 nitrogen and oxygen atoms in total. The van der Waals surface area contributed by atoms with Crippen molar-refractivity contribution in [3.63, 3.8) is 0 Å². The first-order chi connectivity index (χ1) is 11.1. The van der Waals surface area contributed by atoms with Crippen LogP contribution in [0.5, 0.6) is 0 Å². The van der Waals surface area contributed by atoms with Crippen molar-refractivity contribution in [2.75, 3.05) is 6.54 Å². The largest absolute Gasteiger partial charge is 0.349 e. The lowest BCUT2D eigenvalue weighted by molar-refractivity contribution is -0.126. The smallest absolute Gasteiger partial charge is 0.223 e. The van der Waals surface area contributed by atoms with Crippen LogP contribution in [0.1, 0.15) is 38.3 Å². The molecular weight excluding hydrogens is 324 g/mol. The van der Waals surface area contributed by atoms with Crippen LogP contribution >= 0.6 is 12.4 Å². The summed E-state index contributed by atoms with van der Waals surface area (Å²) in [6.45, 7) is 5.09. The summed E-state index contributed by atoms with van der Waals surface area (Å²) in [5.41, 5.74) is 2.09. The van der Waals surface area contributed by atoms with Gasteiger partial charge in [-0.2, -0.15) is 5.10 Å².